The normalized spacial score (nSPS) is 11.7. The molecule has 0 spiro atoms. The van der Waals surface area contributed by atoms with E-state index in [1.165, 1.54) is 10.5 Å². The third-order valence-electron chi connectivity index (χ3n) is 5.53. The average molecular weight is 494 g/mol. The molecule has 35 heavy (non-hydrogen) atoms. The van der Waals surface area contributed by atoms with E-state index in [1.54, 1.807) is 45.2 Å². The molecule has 0 aliphatic rings. The smallest absolute Gasteiger partial charge is 0.255 e. The molecule has 184 valence electrons. The number of carbonyl (C=O) groups is 1. The van der Waals surface area contributed by atoms with Crippen molar-refractivity contribution in [3.63, 3.8) is 0 Å². The number of aryl methyl sites for hydroxylation is 3. The number of nitrogens with zero attached hydrogens (tertiary/aromatic N) is 2. The highest BCUT2D eigenvalue weighted by Gasteiger charge is 2.29. The van der Waals surface area contributed by atoms with Gasteiger partial charge in [0.25, 0.3) is 5.91 Å². The van der Waals surface area contributed by atoms with Gasteiger partial charge in [0, 0.05) is 6.54 Å². The highest BCUT2D eigenvalue weighted by molar-refractivity contribution is 7.89. The standard InChI is InChI=1S/C27H31N3O4S/c1-20-16-21(2)27(22(3)17-20)35(32,33)30(15-14-23-8-6-5-7-9-23)19-26(31)29-28-18-24-10-12-25(34-4)13-11-24/h5-13,16-18H,14-15,19H2,1-4H3,(H,29,31)/b28-18+. The SMILES string of the molecule is COc1ccc(/C=N/NC(=O)CN(CCc2ccccc2)S(=O)(=O)c2c(C)cc(C)cc2C)cc1. The lowest BCUT2D eigenvalue weighted by Gasteiger charge is -2.24. The number of nitrogens with one attached hydrogen (secondary N) is 1. The number of hydrazone groups is 1. The van der Waals surface area contributed by atoms with Crippen LogP contribution in [0.1, 0.15) is 27.8 Å². The van der Waals surface area contributed by atoms with Crippen LogP contribution in [0.15, 0.2) is 76.7 Å². The Morgan fingerprint density at radius 2 is 1.63 bits per heavy atom. The van der Waals surface area contributed by atoms with Crippen molar-refractivity contribution in [2.45, 2.75) is 32.1 Å². The molecule has 0 radical (unpaired) electrons. The molecule has 0 saturated carbocycles. The summed E-state index contributed by atoms with van der Waals surface area (Å²) in [5, 5.41) is 3.98. The first-order chi connectivity index (χ1) is 16.7. The van der Waals surface area contributed by atoms with Crippen LogP contribution in [0, 0.1) is 20.8 Å². The number of ether oxygens (including phenoxy) is 1. The van der Waals surface area contributed by atoms with Crippen LogP contribution in [0.25, 0.3) is 0 Å². The van der Waals surface area contributed by atoms with Gasteiger partial charge in [0.2, 0.25) is 10.0 Å². The van der Waals surface area contributed by atoms with E-state index >= 15 is 0 Å². The molecule has 0 aromatic heterocycles. The topological polar surface area (TPSA) is 88.1 Å². The summed E-state index contributed by atoms with van der Waals surface area (Å²) in [5.74, 6) is 0.195. The van der Waals surface area contributed by atoms with Gasteiger partial charge < -0.3 is 4.74 Å². The fraction of sp³-hybridized carbons (Fsp3) is 0.259. The van der Waals surface area contributed by atoms with Crippen molar-refractivity contribution in [3.05, 3.63) is 94.5 Å². The maximum absolute atomic E-state index is 13.7. The lowest BCUT2D eigenvalue weighted by atomic mass is 10.1. The van der Waals surface area contributed by atoms with Crippen LogP contribution in [0.3, 0.4) is 0 Å². The zero-order chi connectivity index (χ0) is 25.4. The summed E-state index contributed by atoms with van der Waals surface area (Å²) < 4.78 is 33.7. The molecule has 0 aliphatic heterocycles. The van der Waals surface area contributed by atoms with Crippen LogP contribution < -0.4 is 10.2 Å². The van der Waals surface area contributed by atoms with Gasteiger partial charge in [-0.2, -0.15) is 9.41 Å². The minimum atomic E-state index is -3.92. The van der Waals surface area contributed by atoms with Gasteiger partial charge in [-0.05, 0) is 73.7 Å². The second-order valence-corrected chi connectivity index (χ2v) is 10.2. The molecule has 1 N–H and O–H groups in total. The molecule has 0 aliphatic carbocycles. The molecule has 0 heterocycles. The largest absolute Gasteiger partial charge is 0.497 e. The number of hydrogen-bond donors (Lipinski definition) is 1. The number of amides is 1. The number of hydrogen-bond acceptors (Lipinski definition) is 5. The molecule has 0 fully saturated rings. The molecule has 0 bridgehead atoms. The number of sulfonamides is 1. The highest BCUT2D eigenvalue weighted by atomic mass is 32.2. The zero-order valence-electron chi connectivity index (χ0n) is 20.5. The summed E-state index contributed by atoms with van der Waals surface area (Å²) in [6.45, 7) is 5.30. The van der Waals surface area contributed by atoms with Gasteiger partial charge in [-0.3, -0.25) is 4.79 Å². The van der Waals surface area contributed by atoms with Gasteiger partial charge in [0.15, 0.2) is 0 Å². The summed E-state index contributed by atoms with van der Waals surface area (Å²) in [6.07, 6.45) is 1.97. The average Bonchev–Trinajstić information content (AvgIpc) is 2.82. The molecule has 3 aromatic carbocycles. The maximum Gasteiger partial charge on any atom is 0.255 e. The van der Waals surface area contributed by atoms with Gasteiger partial charge in [-0.25, -0.2) is 13.8 Å². The van der Waals surface area contributed by atoms with Crippen LogP contribution in [-0.2, 0) is 21.2 Å². The quantitative estimate of drug-likeness (QED) is 0.342. The van der Waals surface area contributed by atoms with Gasteiger partial charge in [-0.15, -0.1) is 0 Å². The van der Waals surface area contributed by atoms with E-state index in [9.17, 15) is 13.2 Å². The Morgan fingerprint density at radius 3 is 2.23 bits per heavy atom. The van der Waals surface area contributed by atoms with Gasteiger partial charge in [0.05, 0.1) is 24.8 Å². The van der Waals surface area contributed by atoms with Crippen molar-refractivity contribution in [2.24, 2.45) is 5.10 Å². The molecule has 7 nitrogen and oxygen atoms in total. The molecule has 3 aromatic rings. The Kier molecular flexibility index (Phi) is 8.78. The number of carbonyl (C=O) groups excluding carboxylic acids is 1. The fourth-order valence-electron chi connectivity index (χ4n) is 3.95. The molecule has 0 unspecified atom stereocenters. The second kappa shape index (κ2) is 11.8. The summed E-state index contributed by atoms with van der Waals surface area (Å²) in [6, 6.07) is 20.4. The molecule has 1 amide bonds. The van der Waals surface area contributed by atoms with E-state index in [4.69, 9.17) is 4.74 Å². The minimum absolute atomic E-state index is 0.161. The first-order valence-electron chi connectivity index (χ1n) is 11.3. The fourth-order valence-corrected chi connectivity index (χ4v) is 5.76. The van der Waals surface area contributed by atoms with Gasteiger partial charge in [-0.1, -0.05) is 48.0 Å². The molecular formula is C27H31N3O4S. The number of benzene rings is 3. The van der Waals surface area contributed by atoms with Crippen LogP contribution >= 0.6 is 0 Å². The van der Waals surface area contributed by atoms with Gasteiger partial charge >= 0.3 is 0 Å². The van der Waals surface area contributed by atoms with E-state index in [2.05, 4.69) is 10.5 Å². The summed E-state index contributed by atoms with van der Waals surface area (Å²) in [7, 11) is -2.34. The zero-order valence-corrected chi connectivity index (χ0v) is 21.3. The van der Waals surface area contributed by atoms with Crippen molar-refractivity contribution in [3.8, 4) is 5.75 Å². The Balaban J connectivity index is 1.79. The van der Waals surface area contributed by atoms with E-state index in [0.717, 1.165) is 16.7 Å². The van der Waals surface area contributed by atoms with Crippen LogP contribution in [0.5, 0.6) is 5.75 Å². The van der Waals surface area contributed by atoms with Crippen LogP contribution in [0.2, 0.25) is 0 Å². The second-order valence-electron chi connectivity index (χ2n) is 8.37. The van der Waals surface area contributed by atoms with E-state index in [-0.39, 0.29) is 18.0 Å². The molecule has 0 atom stereocenters. The Hall–Kier alpha value is -3.49. The van der Waals surface area contributed by atoms with Crippen molar-refractivity contribution in [2.75, 3.05) is 20.2 Å². The van der Waals surface area contributed by atoms with E-state index < -0.39 is 15.9 Å². The van der Waals surface area contributed by atoms with Crippen molar-refractivity contribution >= 4 is 22.1 Å². The maximum atomic E-state index is 13.7. The Labute approximate surface area is 207 Å². The summed E-state index contributed by atoms with van der Waals surface area (Å²) in [5.41, 5.74) is 6.50. The minimum Gasteiger partial charge on any atom is -0.497 e. The Bertz CT molecular complexity index is 1260. The lowest BCUT2D eigenvalue weighted by Crippen LogP contribution is -2.41. The molecule has 3 rings (SSSR count). The van der Waals surface area contributed by atoms with Crippen molar-refractivity contribution < 1.29 is 17.9 Å². The number of methoxy groups -OCH3 is 1. The monoisotopic (exact) mass is 493 g/mol. The van der Waals surface area contributed by atoms with Crippen LogP contribution in [-0.4, -0.2) is 45.0 Å². The lowest BCUT2D eigenvalue weighted by molar-refractivity contribution is -0.121. The number of rotatable bonds is 10. The molecule has 0 saturated heterocycles. The predicted octanol–water partition coefficient (Wildman–Crippen LogP) is 4.00. The first kappa shape index (κ1) is 26.1. The first-order valence-corrected chi connectivity index (χ1v) is 12.7. The van der Waals surface area contributed by atoms with Crippen LogP contribution in [0.4, 0.5) is 0 Å². The third kappa shape index (κ3) is 7.00. The summed E-state index contributed by atoms with van der Waals surface area (Å²) >= 11 is 0. The van der Waals surface area contributed by atoms with E-state index in [0.29, 0.717) is 23.3 Å². The van der Waals surface area contributed by atoms with Crippen molar-refractivity contribution in [1.82, 2.24) is 9.73 Å². The Morgan fingerprint density at radius 1 is 1.00 bits per heavy atom. The molecule has 8 heteroatoms. The van der Waals surface area contributed by atoms with E-state index in [1.807, 2.05) is 49.4 Å². The summed E-state index contributed by atoms with van der Waals surface area (Å²) in [4.78, 5) is 12.9. The molecular weight excluding hydrogens is 462 g/mol. The highest BCUT2D eigenvalue weighted by Crippen LogP contribution is 2.25. The predicted molar refractivity (Wildman–Crippen MR) is 138 cm³/mol. The van der Waals surface area contributed by atoms with Crippen molar-refractivity contribution in [1.29, 1.82) is 0 Å². The van der Waals surface area contributed by atoms with Gasteiger partial charge in [0.1, 0.15) is 5.75 Å². The third-order valence-corrected chi connectivity index (χ3v) is 7.69.